The van der Waals surface area contributed by atoms with Gasteiger partial charge in [0.2, 0.25) is 0 Å². The summed E-state index contributed by atoms with van der Waals surface area (Å²) in [4.78, 5) is 36.9. The molecular weight excluding hydrogens is 368 g/mol. The van der Waals surface area contributed by atoms with Crippen LogP contribution in [0.5, 0.6) is 0 Å². The molecule has 0 spiro atoms. The molecule has 140 valence electrons. The minimum absolute atomic E-state index is 0.00691. The molecule has 8 heteroatoms. The molecule has 27 heavy (non-hydrogen) atoms. The average Bonchev–Trinajstić information content (AvgIpc) is 3.00. The van der Waals surface area contributed by atoms with Crippen molar-refractivity contribution in [2.24, 2.45) is 0 Å². The van der Waals surface area contributed by atoms with E-state index in [-0.39, 0.29) is 30.0 Å². The number of nitro benzene ring substituents is 1. The predicted molar refractivity (Wildman–Crippen MR) is 102 cm³/mol. The number of non-ortho nitro benzene ring substituents is 1. The topological polar surface area (TPSA) is 89.8 Å². The number of anilines is 1. The molecule has 7 nitrogen and oxygen atoms in total. The van der Waals surface area contributed by atoms with E-state index in [2.05, 4.69) is 0 Å². The molecule has 0 aromatic heterocycles. The number of fused-ring (bicyclic) bond motifs is 1. The van der Waals surface area contributed by atoms with Crippen LogP contribution in [0.1, 0.15) is 12.5 Å². The van der Waals surface area contributed by atoms with E-state index in [0.717, 1.165) is 17.7 Å². The number of nitro groups is 1. The fourth-order valence-electron chi connectivity index (χ4n) is 3.01. The Morgan fingerprint density at radius 3 is 2.63 bits per heavy atom. The van der Waals surface area contributed by atoms with E-state index < -0.39 is 10.9 Å². The van der Waals surface area contributed by atoms with Crippen LogP contribution in [-0.4, -0.2) is 35.2 Å². The molecule has 0 fully saturated rings. The average molecular weight is 386 g/mol. The lowest BCUT2D eigenvalue weighted by Crippen LogP contribution is -2.38. The van der Waals surface area contributed by atoms with Crippen LogP contribution in [0.15, 0.2) is 53.4 Å². The molecule has 1 heterocycles. The summed E-state index contributed by atoms with van der Waals surface area (Å²) in [5.41, 5.74) is 1.97. The second-order valence-corrected chi connectivity index (χ2v) is 7.19. The third-order valence-corrected chi connectivity index (χ3v) is 5.22. The van der Waals surface area contributed by atoms with Crippen molar-refractivity contribution < 1.29 is 19.2 Å². The standard InChI is InChI=1S/C19H18N2O5S/c1-13-10-14-4-2-3-5-17(14)20(13)18(22)11-26-19(23)12-27-16-8-6-15(7-9-16)21(24)25/h2-9,13H,10-12H2,1H3/t13-/m0/s1. The summed E-state index contributed by atoms with van der Waals surface area (Å²) < 4.78 is 5.10. The van der Waals surface area contributed by atoms with Crippen LogP contribution >= 0.6 is 11.8 Å². The zero-order valence-corrected chi connectivity index (χ0v) is 15.5. The molecule has 0 N–H and O–H groups in total. The molecule has 0 aliphatic carbocycles. The Hall–Kier alpha value is -2.87. The predicted octanol–water partition coefficient (Wildman–Crippen LogP) is 3.21. The monoisotopic (exact) mass is 386 g/mol. The number of rotatable bonds is 6. The van der Waals surface area contributed by atoms with Crippen molar-refractivity contribution in [1.29, 1.82) is 0 Å². The minimum Gasteiger partial charge on any atom is -0.455 e. The summed E-state index contributed by atoms with van der Waals surface area (Å²) in [6.45, 7) is 1.66. The van der Waals surface area contributed by atoms with Crippen LogP contribution in [0.4, 0.5) is 11.4 Å². The highest BCUT2D eigenvalue weighted by Gasteiger charge is 2.30. The van der Waals surface area contributed by atoms with Gasteiger partial charge in [0.25, 0.3) is 11.6 Å². The van der Waals surface area contributed by atoms with Gasteiger partial charge in [0.05, 0.1) is 10.7 Å². The molecular formula is C19H18N2O5S. The molecule has 2 aromatic rings. The normalized spacial score (nSPS) is 15.3. The molecule has 0 bridgehead atoms. The van der Waals surface area contributed by atoms with Crippen LogP contribution in [0.25, 0.3) is 0 Å². The number of thioether (sulfide) groups is 1. The summed E-state index contributed by atoms with van der Waals surface area (Å²) in [5.74, 6) is -0.731. The van der Waals surface area contributed by atoms with E-state index in [0.29, 0.717) is 4.90 Å². The third-order valence-electron chi connectivity index (χ3n) is 4.24. The van der Waals surface area contributed by atoms with Crippen molar-refractivity contribution in [2.75, 3.05) is 17.3 Å². The summed E-state index contributed by atoms with van der Waals surface area (Å²) >= 11 is 1.20. The van der Waals surface area contributed by atoms with Gasteiger partial charge in [-0.25, -0.2) is 0 Å². The van der Waals surface area contributed by atoms with Gasteiger partial charge in [-0.3, -0.25) is 19.7 Å². The van der Waals surface area contributed by atoms with Crippen LogP contribution in [0.2, 0.25) is 0 Å². The number of nitrogens with zero attached hydrogens (tertiary/aromatic N) is 2. The number of carbonyl (C=O) groups is 2. The maximum absolute atomic E-state index is 12.5. The van der Waals surface area contributed by atoms with Gasteiger partial charge in [-0.2, -0.15) is 0 Å². The van der Waals surface area contributed by atoms with E-state index in [1.807, 2.05) is 31.2 Å². The smallest absolute Gasteiger partial charge is 0.316 e. The number of hydrogen-bond acceptors (Lipinski definition) is 6. The summed E-state index contributed by atoms with van der Waals surface area (Å²) in [5, 5.41) is 10.6. The van der Waals surface area contributed by atoms with Crippen LogP contribution in [-0.2, 0) is 20.7 Å². The van der Waals surface area contributed by atoms with Gasteiger partial charge in [-0.05, 0) is 37.1 Å². The Balaban J connectivity index is 1.49. The van der Waals surface area contributed by atoms with Crippen molar-refractivity contribution in [3.63, 3.8) is 0 Å². The van der Waals surface area contributed by atoms with E-state index in [1.165, 1.54) is 23.9 Å². The molecule has 1 amide bonds. The molecule has 1 aliphatic rings. The first kappa shape index (κ1) is 18.9. The molecule has 0 radical (unpaired) electrons. The number of benzene rings is 2. The molecule has 1 aliphatic heterocycles. The zero-order valence-electron chi connectivity index (χ0n) is 14.7. The maximum Gasteiger partial charge on any atom is 0.316 e. The van der Waals surface area contributed by atoms with Crippen molar-refractivity contribution in [3.05, 3.63) is 64.2 Å². The zero-order chi connectivity index (χ0) is 19.4. The number of esters is 1. The number of amides is 1. The molecule has 0 unspecified atom stereocenters. The minimum atomic E-state index is -0.508. The van der Waals surface area contributed by atoms with Gasteiger partial charge in [-0.15, -0.1) is 11.8 Å². The quantitative estimate of drug-likeness (QED) is 0.328. The van der Waals surface area contributed by atoms with Gasteiger partial charge >= 0.3 is 5.97 Å². The first-order chi connectivity index (χ1) is 13.0. The fourth-order valence-corrected chi connectivity index (χ4v) is 3.70. The summed E-state index contributed by atoms with van der Waals surface area (Å²) in [6, 6.07) is 13.6. The number of para-hydroxylation sites is 1. The number of hydrogen-bond donors (Lipinski definition) is 0. The van der Waals surface area contributed by atoms with E-state index in [4.69, 9.17) is 4.74 Å². The van der Waals surface area contributed by atoms with Gasteiger partial charge in [0, 0.05) is 28.8 Å². The molecule has 0 saturated carbocycles. The van der Waals surface area contributed by atoms with E-state index >= 15 is 0 Å². The second kappa shape index (κ2) is 8.22. The van der Waals surface area contributed by atoms with Crippen molar-refractivity contribution >= 4 is 35.0 Å². The van der Waals surface area contributed by atoms with Crippen molar-refractivity contribution in [2.45, 2.75) is 24.3 Å². The van der Waals surface area contributed by atoms with Crippen LogP contribution < -0.4 is 4.90 Å². The lowest BCUT2D eigenvalue weighted by molar-refractivity contribution is -0.384. The van der Waals surface area contributed by atoms with Gasteiger partial charge in [-0.1, -0.05) is 18.2 Å². The van der Waals surface area contributed by atoms with Gasteiger partial charge in [0.15, 0.2) is 6.61 Å². The SMILES string of the molecule is C[C@H]1Cc2ccccc2N1C(=O)COC(=O)CSc1ccc([N+](=O)[O-])cc1. The highest BCUT2D eigenvalue weighted by molar-refractivity contribution is 8.00. The first-order valence-electron chi connectivity index (χ1n) is 8.38. The van der Waals surface area contributed by atoms with Gasteiger partial charge in [0.1, 0.15) is 0 Å². The van der Waals surface area contributed by atoms with E-state index in [9.17, 15) is 19.7 Å². The molecule has 2 aromatic carbocycles. The lowest BCUT2D eigenvalue weighted by Gasteiger charge is -2.22. The lowest BCUT2D eigenvalue weighted by atomic mass is 10.1. The Kier molecular flexibility index (Phi) is 5.75. The van der Waals surface area contributed by atoms with Gasteiger partial charge < -0.3 is 9.64 Å². The summed E-state index contributed by atoms with van der Waals surface area (Å²) in [7, 11) is 0. The van der Waals surface area contributed by atoms with Crippen LogP contribution in [0, 0.1) is 10.1 Å². The second-order valence-electron chi connectivity index (χ2n) is 6.15. The summed E-state index contributed by atoms with van der Waals surface area (Å²) in [6.07, 6.45) is 0.784. The first-order valence-corrected chi connectivity index (χ1v) is 9.37. The van der Waals surface area contributed by atoms with E-state index in [1.54, 1.807) is 17.0 Å². The number of ether oxygens (including phenoxy) is 1. The molecule has 3 rings (SSSR count). The Morgan fingerprint density at radius 2 is 1.93 bits per heavy atom. The number of carbonyl (C=O) groups excluding carboxylic acids is 2. The molecule has 0 saturated heterocycles. The molecule has 1 atom stereocenters. The Morgan fingerprint density at radius 1 is 1.22 bits per heavy atom. The Labute approximate surface area is 160 Å². The third kappa shape index (κ3) is 4.46. The highest BCUT2D eigenvalue weighted by Crippen LogP contribution is 2.31. The largest absolute Gasteiger partial charge is 0.455 e. The fraction of sp³-hybridized carbons (Fsp3) is 0.263. The van der Waals surface area contributed by atoms with Crippen molar-refractivity contribution in [1.82, 2.24) is 0 Å². The highest BCUT2D eigenvalue weighted by atomic mass is 32.2. The maximum atomic E-state index is 12.5. The van der Waals surface area contributed by atoms with Crippen LogP contribution in [0.3, 0.4) is 0 Å². The van der Waals surface area contributed by atoms with Crippen molar-refractivity contribution in [3.8, 4) is 0 Å². The Bertz CT molecular complexity index is 869.